The molecule has 0 rings (SSSR count). The summed E-state index contributed by atoms with van der Waals surface area (Å²) in [6, 6.07) is -0.634. The number of hydrogen-bond donors (Lipinski definition) is 3. The molecule has 0 aromatic carbocycles. The van der Waals surface area contributed by atoms with Crippen LogP contribution >= 0.6 is 0 Å². The molecule has 3 N–H and O–H groups in total. The van der Waals surface area contributed by atoms with Gasteiger partial charge in [0.1, 0.15) is 0 Å². The van der Waals surface area contributed by atoms with Crippen LogP contribution in [0.15, 0.2) is 24.3 Å². The summed E-state index contributed by atoms with van der Waals surface area (Å²) in [6.07, 6.45) is 83.9. The van der Waals surface area contributed by atoms with Crippen LogP contribution in [0, 0.1) is 0 Å². The molecule has 456 valence electrons. The predicted octanol–water partition coefficient (Wildman–Crippen LogP) is 22.5. The van der Waals surface area contributed by atoms with E-state index in [0.29, 0.717) is 19.4 Å². The average molecular weight is 1080 g/mol. The number of hydrogen-bond acceptors (Lipinski definition) is 5. The van der Waals surface area contributed by atoms with Crippen LogP contribution in [-0.2, 0) is 14.3 Å². The number of esters is 1. The normalized spacial score (nSPS) is 12.6. The molecule has 6 nitrogen and oxygen atoms in total. The van der Waals surface area contributed by atoms with Crippen LogP contribution < -0.4 is 5.32 Å². The summed E-state index contributed by atoms with van der Waals surface area (Å²) in [5.74, 6) is -0.0574. The number of nitrogens with one attached hydrogen (secondary N) is 1. The average Bonchev–Trinajstić information content (AvgIpc) is 3.43. The van der Waals surface area contributed by atoms with Crippen molar-refractivity contribution in [2.45, 2.75) is 405 Å². The summed E-state index contributed by atoms with van der Waals surface area (Å²) in [5.41, 5.74) is 0. The number of allylic oxidation sites excluding steroid dienone is 3. The summed E-state index contributed by atoms with van der Waals surface area (Å²) < 4.78 is 5.48. The minimum Gasteiger partial charge on any atom is -0.466 e. The monoisotopic (exact) mass is 1080 g/mol. The van der Waals surface area contributed by atoms with Gasteiger partial charge in [0.25, 0.3) is 0 Å². The van der Waals surface area contributed by atoms with Crippen LogP contribution in [0.4, 0.5) is 0 Å². The smallest absolute Gasteiger partial charge is 0.305 e. The van der Waals surface area contributed by atoms with Gasteiger partial charge in [-0.2, -0.15) is 0 Å². The van der Waals surface area contributed by atoms with Crippen LogP contribution in [-0.4, -0.2) is 47.4 Å². The maximum atomic E-state index is 12.5. The molecule has 2 unspecified atom stereocenters. The molecule has 0 saturated carbocycles. The van der Waals surface area contributed by atoms with E-state index < -0.39 is 12.1 Å². The third-order valence-corrected chi connectivity index (χ3v) is 16.5. The fourth-order valence-electron chi connectivity index (χ4n) is 11.1. The second kappa shape index (κ2) is 66.8. The van der Waals surface area contributed by atoms with E-state index in [1.165, 1.54) is 321 Å². The van der Waals surface area contributed by atoms with Gasteiger partial charge in [-0.1, -0.05) is 346 Å². The van der Waals surface area contributed by atoms with Crippen molar-refractivity contribution in [1.82, 2.24) is 5.32 Å². The fraction of sp³-hybridized carbons (Fsp3) is 0.915. The first kappa shape index (κ1) is 75.3. The lowest BCUT2D eigenvalue weighted by molar-refractivity contribution is -0.143. The Balaban J connectivity index is 3.44. The van der Waals surface area contributed by atoms with Crippen molar-refractivity contribution in [3.05, 3.63) is 24.3 Å². The lowest BCUT2D eigenvalue weighted by Crippen LogP contribution is -2.45. The third kappa shape index (κ3) is 63.4. The zero-order valence-electron chi connectivity index (χ0n) is 52.2. The van der Waals surface area contributed by atoms with E-state index in [4.69, 9.17) is 4.74 Å². The zero-order chi connectivity index (χ0) is 55.7. The molecular formula is C71H137NO5. The number of rotatable bonds is 66. The Kier molecular flexibility index (Phi) is 65.4. The fourth-order valence-corrected chi connectivity index (χ4v) is 11.1. The van der Waals surface area contributed by atoms with Gasteiger partial charge in [-0.05, 0) is 57.8 Å². The molecule has 0 heterocycles. The number of ether oxygens (including phenoxy) is 1. The minimum absolute atomic E-state index is 0.0124. The summed E-state index contributed by atoms with van der Waals surface area (Å²) in [4.78, 5) is 24.6. The van der Waals surface area contributed by atoms with Gasteiger partial charge in [0.05, 0.1) is 25.4 Å². The molecule has 0 aliphatic heterocycles. The highest BCUT2D eigenvalue weighted by Crippen LogP contribution is 2.19. The number of unbranched alkanes of at least 4 members (excludes halogenated alkanes) is 53. The largest absolute Gasteiger partial charge is 0.466 e. The van der Waals surface area contributed by atoms with Crippen molar-refractivity contribution >= 4 is 11.9 Å². The molecule has 0 aromatic rings. The van der Waals surface area contributed by atoms with E-state index >= 15 is 0 Å². The highest BCUT2D eigenvalue weighted by molar-refractivity contribution is 5.76. The lowest BCUT2D eigenvalue weighted by atomic mass is 10.0. The summed E-state index contributed by atoms with van der Waals surface area (Å²) in [5, 5.41) is 23.3. The molecule has 0 aliphatic rings. The Bertz CT molecular complexity index is 1200. The summed E-state index contributed by atoms with van der Waals surface area (Å²) in [6.45, 7) is 4.94. The Hall–Kier alpha value is -1.66. The van der Waals surface area contributed by atoms with Crippen molar-refractivity contribution in [2.75, 3.05) is 13.2 Å². The van der Waals surface area contributed by atoms with Crippen LogP contribution in [0.25, 0.3) is 0 Å². The van der Waals surface area contributed by atoms with E-state index in [-0.39, 0.29) is 18.5 Å². The Labute approximate surface area is 481 Å². The van der Waals surface area contributed by atoms with Crippen molar-refractivity contribution in [3.63, 3.8) is 0 Å². The molecule has 0 aliphatic carbocycles. The van der Waals surface area contributed by atoms with E-state index in [0.717, 1.165) is 44.9 Å². The van der Waals surface area contributed by atoms with Gasteiger partial charge < -0.3 is 20.3 Å². The Morgan fingerprint density at radius 1 is 0.351 bits per heavy atom. The van der Waals surface area contributed by atoms with Gasteiger partial charge in [0, 0.05) is 12.8 Å². The Morgan fingerprint density at radius 2 is 0.610 bits per heavy atom. The van der Waals surface area contributed by atoms with Gasteiger partial charge in [-0.25, -0.2) is 0 Å². The van der Waals surface area contributed by atoms with Crippen LogP contribution in [0.3, 0.4) is 0 Å². The molecule has 0 saturated heterocycles. The van der Waals surface area contributed by atoms with Gasteiger partial charge >= 0.3 is 5.97 Å². The molecule has 77 heavy (non-hydrogen) atoms. The van der Waals surface area contributed by atoms with Gasteiger partial charge in [-0.15, -0.1) is 0 Å². The molecule has 0 spiro atoms. The molecule has 0 radical (unpaired) electrons. The second-order valence-electron chi connectivity index (χ2n) is 24.2. The number of aliphatic hydroxyl groups is 2. The standard InChI is InChI=1S/C71H137NO5/c1-3-5-7-9-11-13-15-17-18-19-20-21-22-23-25-28-31-34-37-40-43-47-51-55-59-63-69(74)68(67-73)72-70(75)64-60-56-52-48-44-41-38-35-32-29-26-24-27-30-33-36-39-42-46-50-54-58-62-66-77-71(76)65-61-57-53-49-45-16-14-12-10-8-6-4-2/h29,32,59,63,68-69,73-74H,3-28,30-31,33-58,60-62,64-67H2,1-2H3,(H,72,75)/b32-29-,63-59+. The zero-order valence-corrected chi connectivity index (χ0v) is 52.2. The van der Waals surface area contributed by atoms with Crippen molar-refractivity contribution in [1.29, 1.82) is 0 Å². The Morgan fingerprint density at radius 3 is 0.922 bits per heavy atom. The van der Waals surface area contributed by atoms with Crippen LogP contribution in [0.5, 0.6) is 0 Å². The summed E-state index contributed by atoms with van der Waals surface area (Å²) >= 11 is 0. The molecular weight excluding hydrogens is 947 g/mol. The number of carbonyl (C=O) groups excluding carboxylic acids is 2. The molecule has 0 bridgehead atoms. The molecule has 1 amide bonds. The second-order valence-corrected chi connectivity index (χ2v) is 24.2. The van der Waals surface area contributed by atoms with Gasteiger partial charge in [0.2, 0.25) is 5.91 Å². The van der Waals surface area contributed by atoms with Crippen LogP contribution in [0.1, 0.15) is 393 Å². The SMILES string of the molecule is CCCCCCCCCCCCCCCCCCCCCCCCC/C=C/C(O)C(CO)NC(=O)CCCCCCCCC/C=C\CCCCCCCCCCCCCCOC(=O)CCCCCCCCCCCCCC. The van der Waals surface area contributed by atoms with E-state index in [2.05, 4.69) is 31.3 Å². The number of aliphatic hydroxyl groups excluding tert-OH is 2. The predicted molar refractivity (Wildman–Crippen MR) is 338 cm³/mol. The highest BCUT2D eigenvalue weighted by Gasteiger charge is 2.18. The molecule has 6 heteroatoms. The maximum absolute atomic E-state index is 12.5. The minimum atomic E-state index is -0.850. The maximum Gasteiger partial charge on any atom is 0.305 e. The molecule has 0 aromatic heterocycles. The lowest BCUT2D eigenvalue weighted by Gasteiger charge is -2.20. The first-order valence-corrected chi connectivity index (χ1v) is 35.1. The third-order valence-electron chi connectivity index (χ3n) is 16.5. The van der Waals surface area contributed by atoms with E-state index in [9.17, 15) is 19.8 Å². The number of amides is 1. The quantitative estimate of drug-likeness (QED) is 0.0320. The highest BCUT2D eigenvalue weighted by atomic mass is 16.5. The van der Waals surface area contributed by atoms with E-state index in [1.807, 2.05) is 6.08 Å². The first-order chi connectivity index (χ1) is 38.0. The van der Waals surface area contributed by atoms with Gasteiger partial charge in [-0.3, -0.25) is 9.59 Å². The number of carbonyl (C=O) groups is 2. The summed E-state index contributed by atoms with van der Waals surface area (Å²) in [7, 11) is 0. The topological polar surface area (TPSA) is 95.9 Å². The van der Waals surface area contributed by atoms with Crippen LogP contribution in [0.2, 0.25) is 0 Å². The molecule has 2 atom stereocenters. The van der Waals surface area contributed by atoms with Crippen molar-refractivity contribution < 1.29 is 24.5 Å². The van der Waals surface area contributed by atoms with Crippen molar-refractivity contribution in [2.24, 2.45) is 0 Å². The van der Waals surface area contributed by atoms with Gasteiger partial charge in [0.15, 0.2) is 0 Å². The first-order valence-electron chi connectivity index (χ1n) is 35.1. The van der Waals surface area contributed by atoms with E-state index in [1.54, 1.807) is 6.08 Å². The van der Waals surface area contributed by atoms with Crippen molar-refractivity contribution in [3.8, 4) is 0 Å². The molecule has 0 fully saturated rings.